The van der Waals surface area contributed by atoms with Gasteiger partial charge in [0.1, 0.15) is 0 Å². The normalized spacial score (nSPS) is 17.8. The highest BCUT2D eigenvalue weighted by atomic mass is 79.9. The second-order valence-electron chi connectivity index (χ2n) is 5.40. The predicted octanol–water partition coefficient (Wildman–Crippen LogP) is 4.59. The zero-order valence-corrected chi connectivity index (χ0v) is 15.6. The van der Waals surface area contributed by atoms with E-state index in [0.29, 0.717) is 6.04 Å². The highest BCUT2D eigenvalue weighted by molar-refractivity contribution is 9.10. The van der Waals surface area contributed by atoms with Crippen molar-refractivity contribution in [2.24, 2.45) is 0 Å². The fourth-order valence-electron chi connectivity index (χ4n) is 2.75. The molecule has 0 saturated carbocycles. The van der Waals surface area contributed by atoms with Crippen LogP contribution >= 0.6 is 38.6 Å². The molecule has 1 N–H and O–H groups in total. The Bertz CT molecular complexity index is 608. The minimum atomic E-state index is 0.509. The van der Waals surface area contributed by atoms with Gasteiger partial charge < -0.3 is 10.2 Å². The lowest BCUT2D eigenvalue weighted by Gasteiger charge is -2.21. The summed E-state index contributed by atoms with van der Waals surface area (Å²) in [6.07, 6.45) is 3.62. The summed E-state index contributed by atoms with van der Waals surface area (Å²) in [6.45, 7) is 4.13. The standard InChI is InChI=1S/C15H20BrN3S2/c1-3-17-12-5-4-6-13-14(12)21-15(18-13)19(2)8-11-7-10(16)9-20-11/h7,9,12,17H,3-6,8H2,1-2H3. The first-order chi connectivity index (χ1) is 10.2. The number of thiophene rings is 1. The van der Waals surface area contributed by atoms with Gasteiger partial charge in [0.05, 0.1) is 12.2 Å². The molecule has 114 valence electrons. The first kappa shape index (κ1) is 15.5. The van der Waals surface area contributed by atoms with E-state index in [-0.39, 0.29) is 0 Å². The highest BCUT2D eigenvalue weighted by Gasteiger charge is 2.24. The van der Waals surface area contributed by atoms with Crippen molar-refractivity contribution in [3.05, 3.63) is 31.4 Å². The Kier molecular flexibility index (Phi) is 4.99. The van der Waals surface area contributed by atoms with Crippen LogP contribution < -0.4 is 10.2 Å². The zero-order chi connectivity index (χ0) is 14.8. The van der Waals surface area contributed by atoms with Crippen LogP contribution in [0.4, 0.5) is 5.13 Å². The van der Waals surface area contributed by atoms with Crippen LogP contribution in [0.2, 0.25) is 0 Å². The van der Waals surface area contributed by atoms with Gasteiger partial charge in [-0.15, -0.1) is 11.3 Å². The minimum absolute atomic E-state index is 0.509. The molecule has 0 radical (unpaired) electrons. The monoisotopic (exact) mass is 385 g/mol. The number of nitrogens with zero attached hydrogens (tertiary/aromatic N) is 2. The molecular formula is C15H20BrN3S2. The Morgan fingerprint density at radius 2 is 2.38 bits per heavy atom. The van der Waals surface area contributed by atoms with Gasteiger partial charge in [0.15, 0.2) is 5.13 Å². The first-order valence-corrected chi connectivity index (χ1v) is 9.83. The number of thiazole rings is 1. The van der Waals surface area contributed by atoms with Crippen LogP contribution in [0.5, 0.6) is 0 Å². The molecule has 0 aromatic carbocycles. The summed E-state index contributed by atoms with van der Waals surface area (Å²) in [5, 5.41) is 6.88. The van der Waals surface area contributed by atoms with Crippen molar-refractivity contribution in [3.8, 4) is 0 Å². The molecule has 0 spiro atoms. The SMILES string of the molecule is CCNC1CCCc2nc(N(C)Cc3cc(Br)cs3)sc21. The molecule has 2 heterocycles. The summed E-state index contributed by atoms with van der Waals surface area (Å²) in [7, 11) is 2.14. The molecule has 6 heteroatoms. The van der Waals surface area contributed by atoms with Gasteiger partial charge in [-0.2, -0.15) is 0 Å². The Morgan fingerprint density at radius 3 is 3.10 bits per heavy atom. The van der Waals surface area contributed by atoms with Crippen LogP contribution in [0.3, 0.4) is 0 Å². The summed E-state index contributed by atoms with van der Waals surface area (Å²) >= 11 is 7.18. The molecule has 1 aliphatic carbocycles. The summed E-state index contributed by atoms with van der Waals surface area (Å²) in [6, 6.07) is 2.70. The molecule has 1 aliphatic rings. The molecule has 0 amide bonds. The third-order valence-electron chi connectivity index (χ3n) is 3.73. The third-order valence-corrected chi connectivity index (χ3v) is 6.74. The second kappa shape index (κ2) is 6.77. The van der Waals surface area contributed by atoms with Gasteiger partial charge in [0.2, 0.25) is 0 Å². The van der Waals surface area contributed by atoms with Crippen molar-refractivity contribution in [2.45, 2.75) is 38.8 Å². The van der Waals surface area contributed by atoms with E-state index >= 15 is 0 Å². The number of nitrogens with one attached hydrogen (secondary N) is 1. The van der Waals surface area contributed by atoms with E-state index in [0.717, 1.165) is 24.6 Å². The van der Waals surface area contributed by atoms with Gasteiger partial charge in [0, 0.05) is 32.7 Å². The molecule has 1 unspecified atom stereocenters. The predicted molar refractivity (Wildman–Crippen MR) is 95.6 cm³/mol. The van der Waals surface area contributed by atoms with E-state index in [1.807, 2.05) is 11.3 Å². The number of hydrogen-bond acceptors (Lipinski definition) is 5. The molecule has 3 rings (SSSR count). The van der Waals surface area contributed by atoms with Crippen molar-refractivity contribution in [1.82, 2.24) is 10.3 Å². The number of hydrogen-bond donors (Lipinski definition) is 1. The van der Waals surface area contributed by atoms with Crippen LogP contribution in [0.1, 0.15) is 41.3 Å². The topological polar surface area (TPSA) is 28.2 Å². The number of fused-ring (bicyclic) bond motifs is 1. The summed E-state index contributed by atoms with van der Waals surface area (Å²) in [5.41, 5.74) is 1.31. The van der Waals surface area contributed by atoms with Gasteiger partial charge in [-0.1, -0.05) is 18.3 Å². The third kappa shape index (κ3) is 3.50. The average molecular weight is 386 g/mol. The molecule has 1 atom stereocenters. The molecule has 2 aromatic rings. The van der Waals surface area contributed by atoms with E-state index in [9.17, 15) is 0 Å². The Labute approximate surface area is 142 Å². The van der Waals surface area contributed by atoms with E-state index in [4.69, 9.17) is 4.98 Å². The molecule has 0 fully saturated rings. The Balaban J connectivity index is 1.76. The lowest BCUT2D eigenvalue weighted by atomic mass is 9.98. The largest absolute Gasteiger partial charge is 0.346 e. The molecular weight excluding hydrogens is 366 g/mol. The maximum absolute atomic E-state index is 4.88. The van der Waals surface area contributed by atoms with Gasteiger partial charge in [-0.3, -0.25) is 0 Å². The van der Waals surface area contributed by atoms with Crippen molar-refractivity contribution in [1.29, 1.82) is 0 Å². The maximum Gasteiger partial charge on any atom is 0.185 e. The van der Waals surface area contributed by atoms with Crippen molar-refractivity contribution in [3.63, 3.8) is 0 Å². The number of aryl methyl sites for hydroxylation is 1. The fraction of sp³-hybridized carbons (Fsp3) is 0.533. The number of aromatic nitrogens is 1. The van der Waals surface area contributed by atoms with Gasteiger partial charge in [-0.25, -0.2) is 4.98 Å². The van der Waals surface area contributed by atoms with E-state index in [2.05, 4.69) is 51.6 Å². The zero-order valence-electron chi connectivity index (χ0n) is 12.4. The first-order valence-electron chi connectivity index (χ1n) is 7.34. The molecule has 3 nitrogen and oxygen atoms in total. The van der Waals surface area contributed by atoms with Crippen molar-refractivity contribution < 1.29 is 0 Å². The molecule has 0 aliphatic heterocycles. The smallest absolute Gasteiger partial charge is 0.185 e. The van der Waals surface area contributed by atoms with Gasteiger partial charge >= 0.3 is 0 Å². The Morgan fingerprint density at radius 1 is 1.52 bits per heavy atom. The molecule has 0 bridgehead atoms. The van der Waals surface area contributed by atoms with E-state index < -0.39 is 0 Å². The minimum Gasteiger partial charge on any atom is -0.346 e. The van der Waals surface area contributed by atoms with Crippen LogP contribution in [0, 0.1) is 0 Å². The number of halogens is 1. The maximum atomic E-state index is 4.88. The van der Waals surface area contributed by atoms with Gasteiger partial charge in [0.25, 0.3) is 0 Å². The van der Waals surface area contributed by atoms with Crippen LogP contribution in [-0.2, 0) is 13.0 Å². The van der Waals surface area contributed by atoms with Crippen LogP contribution in [0.25, 0.3) is 0 Å². The van der Waals surface area contributed by atoms with Crippen LogP contribution in [-0.4, -0.2) is 18.6 Å². The molecule has 21 heavy (non-hydrogen) atoms. The summed E-state index contributed by atoms with van der Waals surface area (Å²) < 4.78 is 1.17. The molecule has 2 aromatic heterocycles. The van der Waals surface area contributed by atoms with Crippen LogP contribution in [0.15, 0.2) is 15.9 Å². The fourth-order valence-corrected chi connectivity index (χ4v) is 5.43. The average Bonchev–Trinajstić information content (AvgIpc) is 3.06. The molecule has 0 saturated heterocycles. The quantitative estimate of drug-likeness (QED) is 0.815. The van der Waals surface area contributed by atoms with Gasteiger partial charge in [-0.05, 0) is 47.8 Å². The lowest BCUT2D eigenvalue weighted by molar-refractivity contribution is 0.476. The Hall–Kier alpha value is -0.430. The summed E-state index contributed by atoms with van der Waals surface area (Å²) in [5.74, 6) is 0. The summed E-state index contributed by atoms with van der Waals surface area (Å²) in [4.78, 5) is 9.97. The number of rotatable bonds is 5. The van der Waals surface area contributed by atoms with E-state index in [1.165, 1.54) is 32.8 Å². The number of anilines is 1. The second-order valence-corrected chi connectivity index (χ2v) is 8.32. The lowest BCUT2D eigenvalue weighted by Crippen LogP contribution is -2.23. The van der Waals surface area contributed by atoms with E-state index in [1.54, 1.807) is 11.3 Å². The van der Waals surface area contributed by atoms with Crippen molar-refractivity contribution >= 4 is 43.7 Å². The highest BCUT2D eigenvalue weighted by Crippen LogP contribution is 2.37. The van der Waals surface area contributed by atoms with Crippen molar-refractivity contribution in [2.75, 3.05) is 18.5 Å².